The molecule has 1 amide bonds. The summed E-state index contributed by atoms with van der Waals surface area (Å²) in [5, 5.41) is 0. The summed E-state index contributed by atoms with van der Waals surface area (Å²) >= 11 is 0. The van der Waals surface area contributed by atoms with Crippen molar-refractivity contribution < 1.29 is 14.4 Å². The molecule has 1 aliphatic rings. The molecule has 0 bridgehead atoms. The predicted octanol–water partition coefficient (Wildman–Crippen LogP) is 1.31. The Morgan fingerprint density at radius 3 is 2.25 bits per heavy atom. The lowest BCUT2D eigenvalue weighted by Crippen LogP contribution is -2.32. The van der Waals surface area contributed by atoms with Gasteiger partial charge in [0.1, 0.15) is 17.0 Å². The van der Waals surface area contributed by atoms with Gasteiger partial charge in [0.05, 0.1) is 0 Å². The molecule has 4 heteroatoms. The Morgan fingerprint density at radius 1 is 1.31 bits per heavy atom. The Bertz CT molecular complexity index is 343. The largest absolute Gasteiger partial charge is 0.319 e. The first-order chi connectivity index (χ1) is 7.38. The van der Waals surface area contributed by atoms with E-state index in [2.05, 4.69) is 0 Å². The summed E-state index contributed by atoms with van der Waals surface area (Å²) in [5.74, 6) is -0.364. The average Bonchev–Trinajstić information content (AvgIpc) is 2.59. The molecule has 4 nitrogen and oxygen atoms in total. The van der Waals surface area contributed by atoms with Crippen LogP contribution in [-0.2, 0) is 14.4 Å². The second-order valence-corrected chi connectivity index (χ2v) is 4.32. The van der Waals surface area contributed by atoms with Crippen molar-refractivity contribution in [2.24, 2.45) is 5.41 Å². The molecule has 88 valence electrons. The van der Waals surface area contributed by atoms with E-state index in [4.69, 9.17) is 0 Å². The number of rotatable bonds is 4. The lowest BCUT2D eigenvalue weighted by atomic mass is 9.82. The van der Waals surface area contributed by atoms with Crippen LogP contribution in [0.3, 0.4) is 0 Å². The summed E-state index contributed by atoms with van der Waals surface area (Å²) in [4.78, 5) is 35.7. The summed E-state index contributed by atoms with van der Waals surface area (Å²) in [6.45, 7) is 5.02. The minimum Gasteiger partial charge on any atom is -0.319 e. The fraction of sp³-hybridized carbons (Fsp3) is 0.583. The maximum absolute atomic E-state index is 11.4. The molecule has 0 aliphatic carbocycles. The first-order valence-electron chi connectivity index (χ1n) is 5.39. The van der Waals surface area contributed by atoms with Crippen molar-refractivity contribution in [1.29, 1.82) is 0 Å². The molecule has 0 aromatic rings. The van der Waals surface area contributed by atoms with Gasteiger partial charge in [0.15, 0.2) is 0 Å². The van der Waals surface area contributed by atoms with E-state index in [0.29, 0.717) is 13.0 Å². The van der Waals surface area contributed by atoms with Gasteiger partial charge < -0.3 is 4.90 Å². The molecule has 0 atom stereocenters. The van der Waals surface area contributed by atoms with E-state index in [9.17, 15) is 14.4 Å². The zero-order valence-electron chi connectivity index (χ0n) is 9.95. The lowest BCUT2D eigenvalue weighted by Gasteiger charge is -2.20. The molecule has 0 N–H and O–H groups in total. The van der Waals surface area contributed by atoms with Gasteiger partial charge in [0.25, 0.3) is 0 Å². The van der Waals surface area contributed by atoms with Crippen LogP contribution in [0.15, 0.2) is 12.3 Å². The molecule has 0 radical (unpaired) electrons. The SMILES string of the molecule is CC(=O)C(C)(/C=C/N1CCCC1=O)C(C)=O. The van der Waals surface area contributed by atoms with Crippen LogP contribution in [0, 0.1) is 5.41 Å². The summed E-state index contributed by atoms with van der Waals surface area (Å²) in [5.41, 5.74) is -1.11. The van der Waals surface area contributed by atoms with Crippen molar-refractivity contribution in [3.63, 3.8) is 0 Å². The van der Waals surface area contributed by atoms with Crippen LogP contribution in [0.25, 0.3) is 0 Å². The minimum atomic E-state index is -1.11. The van der Waals surface area contributed by atoms with E-state index in [1.165, 1.54) is 19.9 Å². The molecule has 0 aromatic heterocycles. The molecule has 0 unspecified atom stereocenters. The van der Waals surface area contributed by atoms with E-state index < -0.39 is 5.41 Å². The van der Waals surface area contributed by atoms with Crippen molar-refractivity contribution in [3.8, 4) is 0 Å². The smallest absolute Gasteiger partial charge is 0.226 e. The van der Waals surface area contributed by atoms with Crippen molar-refractivity contribution in [2.75, 3.05) is 6.54 Å². The first kappa shape index (κ1) is 12.6. The molecular formula is C12H17NO3. The van der Waals surface area contributed by atoms with E-state index >= 15 is 0 Å². The Balaban J connectivity index is 2.84. The van der Waals surface area contributed by atoms with Crippen LogP contribution >= 0.6 is 0 Å². The highest BCUT2D eigenvalue weighted by Crippen LogP contribution is 2.22. The second kappa shape index (κ2) is 4.60. The number of Topliss-reactive ketones (excluding diaryl/α,β-unsaturated/α-hetero) is 2. The highest BCUT2D eigenvalue weighted by molar-refractivity contribution is 6.06. The molecule has 0 spiro atoms. The third-order valence-corrected chi connectivity index (χ3v) is 3.16. The molecule has 1 saturated heterocycles. The topological polar surface area (TPSA) is 54.5 Å². The molecule has 0 saturated carbocycles. The third kappa shape index (κ3) is 2.38. The van der Waals surface area contributed by atoms with Crippen LogP contribution in [-0.4, -0.2) is 28.9 Å². The number of allylic oxidation sites excluding steroid dienone is 1. The fourth-order valence-corrected chi connectivity index (χ4v) is 1.55. The van der Waals surface area contributed by atoms with Gasteiger partial charge in [-0.05, 0) is 33.3 Å². The second-order valence-electron chi connectivity index (χ2n) is 4.32. The highest BCUT2D eigenvalue weighted by Gasteiger charge is 2.32. The van der Waals surface area contributed by atoms with Gasteiger partial charge in [-0.25, -0.2) is 0 Å². The van der Waals surface area contributed by atoms with Gasteiger partial charge in [0.2, 0.25) is 5.91 Å². The Hall–Kier alpha value is -1.45. The number of carbonyl (C=O) groups is 3. The number of carbonyl (C=O) groups excluding carboxylic acids is 3. The Labute approximate surface area is 95.3 Å². The molecule has 1 heterocycles. The summed E-state index contributed by atoms with van der Waals surface area (Å²) in [6.07, 6.45) is 4.47. The number of amides is 1. The van der Waals surface area contributed by atoms with E-state index in [1.54, 1.807) is 18.0 Å². The quantitative estimate of drug-likeness (QED) is 0.675. The zero-order valence-corrected chi connectivity index (χ0v) is 9.95. The van der Waals surface area contributed by atoms with Gasteiger partial charge in [0, 0.05) is 19.2 Å². The number of hydrogen-bond acceptors (Lipinski definition) is 3. The summed E-state index contributed by atoms with van der Waals surface area (Å²) < 4.78 is 0. The fourth-order valence-electron chi connectivity index (χ4n) is 1.55. The van der Waals surface area contributed by atoms with Gasteiger partial charge >= 0.3 is 0 Å². The molecule has 1 fully saturated rings. The van der Waals surface area contributed by atoms with Crippen molar-refractivity contribution in [2.45, 2.75) is 33.6 Å². The van der Waals surface area contributed by atoms with Gasteiger partial charge in [-0.15, -0.1) is 0 Å². The standard InChI is InChI=1S/C12H17NO3/c1-9(14)12(3,10(2)15)6-8-13-7-4-5-11(13)16/h6,8H,4-5,7H2,1-3H3/b8-6+. The predicted molar refractivity (Wildman–Crippen MR) is 59.6 cm³/mol. The van der Waals surface area contributed by atoms with E-state index in [-0.39, 0.29) is 17.5 Å². The summed E-state index contributed by atoms with van der Waals surface area (Å²) in [7, 11) is 0. The normalized spacial score (nSPS) is 17.2. The van der Waals surface area contributed by atoms with Crippen molar-refractivity contribution in [3.05, 3.63) is 12.3 Å². The van der Waals surface area contributed by atoms with Crippen LogP contribution in [0.2, 0.25) is 0 Å². The van der Waals surface area contributed by atoms with Gasteiger partial charge in [-0.1, -0.05) is 0 Å². The Kier molecular flexibility index (Phi) is 3.62. The molecular weight excluding hydrogens is 206 g/mol. The zero-order chi connectivity index (χ0) is 12.3. The minimum absolute atomic E-state index is 0.0469. The Morgan fingerprint density at radius 2 is 1.88 bits per heavy atom. The average molecular weight is 223 g/mol. The molecule has 16 heavy (non-hydrogen) atoms. The van der Waals surface area contributed by atoms with Gasteiger partial charge in [-0.2, -0.15) is 0 Å². The molecule has 1 aliphatic heterocycles. The monoisotopic (exact) mass is 223 g/mol. The maximum Gasteiger partial charge on any atom is 0.226 e. The van der Waals surface area contributed by atoms with Crippen LogP contribution in [0.4, 0.5) is 0 Å². The number of nitrogens with zero attached hydrogens (tertiary/aromatic N) is 1. The lowest BCUT2D eigenvalue weighted by molar-refractivity contribution is -0.134. The van der Waals surface area contributed by atoms with Crippen molar-refractivity contribution in [1.82, 2.24) is 4.90 Å². The number of ketones is 2. The van der Waals surface area contributed by atoms with Crippen molar-refractivity contribution >= 4 is 17.5 Å². The molecule has 0 aromatic carbocycles. The van der Waals surface area contributed by atoms with E-state index in [1.807, 2.05) is 0 Å². The van der Waals surface area contributed by atoms with Crippen LogP contribution in [0.1, 0.15) is 33.6 Å². The van der Waals surface area contributed by atoms with Gasteiger partial charge in [-0.3, -0.25) is 14.4 Å². The number of likely N-dealkylation sites (tertiary alicyclic amines) is 1. The number of hydrogen-bond donors (Lipinski definition) is 0. The first-order valence-corrected chi connectivity index (χ1v) is 5.39. The van der Waals surface area contributed by atoms with E-state index in [0.717, 1.165) is 6.42 Å². The van der Waals surface area contributed by atoms with Crippen LogP contribution < -0.4 is 0 Å². The molecule has 1 rings (SSSR count). The maximum atomic E-state index is 11.4. The third-order valence-electron chi connectivity index (χ3n) is 3.16. The highest BCUT2D eigenvalue weighted by atomic mass is 16.2. The summed E-state index contributed by atoms with van der Waals surface area (Å²) in [6, 6.07) is 0. The van der Waals surface area contributed by atoms with Crippen LogP contribution in [0.5, 0.6) is 0 Å².